The van der Waals surface area contributed by atoms with Crippen molar-refractivity contribution in [2.75, 3.05) is 0 Å². The maximum atomic E-state index is 5.85. The average molecular weight is 223 g/mol. The predicted molar refractivity (Wildman–Crippen MR) is 53.2 cm³/mol. The molecule has 0 unspecified atom stereocenters. The fraction of sp³-hybridized carbons (Fsp3) is 0.125. The minimum absolute atomic E-state index is 0.276. The Bertz CT molecular complexity index is 309. The summed E-state index contributed by atoms with van der Waals surface area (Å²) in [5.74, 6) is 0. The number of hydrogen-bond donors (Lipinski definition) is 0. The Hall–Kier alpha value is -0.240. The molecule has 1 nitrogen and oxygen atoms in total. The molecule has 0 fully saturated rings. The Morgan fingerprint density at radius 1 is 1.42 bits per heavy atom. The molecule has 0 aromatic carbocycles. The summed E-state index contributed by atoms with van der Waals surface area (Å²) in [7, 11) is 0. The van der Waals surface area contributed by atoms with Crippen LogP contribution in [0.5, 0.6) is 0 Å². The van der Waals surface area contributed by atoms with Crippen LogP contribution in [0.2, 0.25) is 15.2 Å². The van der Waals surface area contributed by atoms with E-state index in [0.717, 1.165) is 5.56 Å². The first-order chi connectivity index (χ1) is 5.66. The molecule has 0 amide bonds. The van der Waals surface area contributed by atoms with Gasteiger partial charge in [0.15, 0.2) is 0 Å². The van der Waals surface area contributed by atoms with Crippen LogP contribution in [0.4, 0.5) is 0 Å². The lowest BCUT2D eigenvalue weighted by atomic mass is 10.2. The van der Waals surface area contributed by atoms with Crippen LogP contribution in [0.25, 0.3) is 0 Å². The van der Waals surface area contributed by atoms with E-state index >= 15 is 0 Å². The number of aromatic nitrogens is 1. The fourth-order valence-electron chi connectivity index (χ4n) is 0.809. The molecule has 0 aliphatic rings. The lowest BCUT2D eigenvalue weighted by Gasteiger charge is -2.03. The highest BCUT2D eigenvalue weighted by molar-refractivity contribution is 6.43. The Kier molecular flexibility index (Phi) is 3.39. The number of rotatable bonds is 2. The van der Waals surface area contributed by atoms with E-state index in [1.54, 1.807) is 6.08 Å². The third-order valence-electron chi connectivity index (χ3n) is 1.37. The van der Waals surface area contributed by atoms with Crippen LogP contribution < -0.4 is 0 Å². The van der Waals surface area contributed by atoms with Crippen molar-refractivity contribution in [1.29, 1.82) is 0 Å². The van der Waals surface area contributed by atoms with Crippen molar-refractivity contribution in [3.05, 3.63) is 39.6 Å². The average Bonchev–Trinajstić information content (AvgIpc) is 2.06. The van der Waals surface area contributed by atoms with Crippen LogP contribution >= 0.6 is 34.8 Å². The van der Waals surface area contributed by atoms with Gasteiger partial charge in [-0.2, -0.15) is 0 Å². The van der Waals surface area contributed by atoms with Crippen LogP contribution in [0.3, 0.4) is 0 Å². The zero-order valence-corrected chi connectivity index (χ0v) is 8.42. The highest BCUT2D eigenvalue weighted by atomic mass is 35.5. The van der Waals surface area contributed by atoms with E-state index in [1.165, 1.54) is 6.20 Å². The van der Waals surface area contributed by atoms with Gasteiger partial charge in [-0.15, -0.1) is 6.58 Å². The van der Waals surface area contributed by atoms with E-state index in [2.05, 4.69) is 11.6 Å². The summed E-state index contributed by atoms with van der Waals surface area (Å²) in [6, 6.07) is 0. The maximum absolute atomic E-state index is 5.85. The van der Waals surface area contributed by atoms with E-state index in [4.69, 9.17) is 34.8 Å². The van der Waals surface area contributed by atoms with Crippen LogP contribution in [-0.4, -0.2) is 4.98 Å². The number of hydrogen-bond acceptors (Lipinski definition) is 1. The number of allylic oxidation sites excluding steroid dienone is 1. The molecule has 1 aromatic rings. The van der Waals surface area contributed by atoms with Crippen molar-refractivity contribution in [3.8, 4) is 0 Å². The zero-order valence-electron chi connectivity index (χ0n) is 6.15. The van der Waals surface area contributed by atoms with Crippen LogP contribution in [0, 0.1) is 0 Å². The Labute approximate surface area is 86.0 Å². The molecule has 0 aliphatic carbocycles. The van der Waals surface area contributed by atoms with Crippen molar-refractivity contribution < 1.29 is 0 Å². The van der Waals surface area contributed by atoms with Gasteiger partial charge in [-0.1, -0.05) is 40.9 Å². The van der Waals surface area contributed by atoms with E-state index in [0.29, 0.717) is 16.5 Å². The molecular formula is C8H6Cl3N. The number of pyridine rings is 1. The van der Waals surface area contributed by atoms with Gasteiger partial charge in [0.2, 0.25) is 0 Å². The second-order valence-corrected chi connectivity index (χ2v) is 3.33. The Balaban J connectivity index is 3.22. The van der Waals surface area contributed by atoms with E-state index < -0.39 is 0 Å². The molecule has 0 N–H and O–H groups in total. The van der Waals surface area contributed by atoms with Gasteiger partial charge in [-0.3, -0.25) is 0 Å². The summed E-state index contributed by atoms with van der Waals surface area (Å²) in [6.45, 7) is 3.59. The molecule has 1 aromatic heterocycles. The van der Waals surface area contributed by atoms with Crippen molar-refractivity contribution in [2.24, 2.45) is 0 Å². The lowest BCUT2D eigenvalue weighted by molar-refractivity contribution is 1.21. The SMILES string of the molecule is C=CCc1c(Cl)cnc(Cl)c1Cl. The Morgan fingerprint density at radius 3 is 2.67 bits per heavy atom. The minimum atomic E-state index is 0.276. The van der Waals surface area contributed by atoms with Gasteiger partial charge in [-0.05, 0) is 12.0 Å². The maximum Gasteiger partial charge on any atom is 0.147 e. The molecule has 4 heteroatoms. The molecule has 0 bridgehead atoms. The molecule has 0 radical (unpaired) electrons. The fourth-order valence-corrected chi connectivity index (χ4v) is 1.47. The van der Waals surface area contributed by atoms with Crippen molar-refractivity contribution >= 4 is 34.8 Å². The smallest absolute Gasteiger partial charge is 0.147 e. The van der Waals surface area contributed by atoms with Gasteiger partial charge in [0.05, 0.1) is 10.0 Å². The molecule has 0 saturated carbocycles. The van der Waals surface area contributed by atoms with Gasteiger partial charge < -0.3 is 0 Å². The van der Waals surface area contributed by atoms with Crippen molar-refractivity contribution in [2.45, 2.75) is 6.42 Å². The monoisotopic (exact) mass is 221 g/mol. The second-order valence-electron chi connectivity index (χ2n) is 2.18. The molecule has 0 atom stereocenters. The summed E-state index contributed by atoms with van der Waals surface area (Å²) >= 11 is 17.4. The topological polar surface area (TPSA) is 12.9 Å². The van der Waals surface area contributed by atoms with Crippen molar-refractivity contribution in [3.63, 3.8) is 0 Å². The number of nitrogens with zero attached hydrogens (tertiary/aromatic N) is 1. The molecule has 1 heterocycles. The van der Waals surface area contributed by atoms with E-state index in [-0.39, 0.29) is 5.15 Å². The zero-order chi connectivity index (χ0) is 9.14. The first kappa shape index (κ1) is 9.85. The quantitative estimate of drug-likeness (QED) is 0.548. The molecular weight excluding hydrogens is 216 g/mol. The second kappa shape index (κ2) is 4.13. The molecule has 64 valence electrons. The first-order valence-electron chi connectivity index (χ1n) is 3.26. The van der Waals surface area contributed by atoms with Gasteiger partial charge >= 0.3 is 0 Å². The minimum Gasteiger partial charge on any atom is -0.241 e. The highest BCUT2D eigenvalue weighted by Crippen LogP contribution is 2.29. The van der Waals surface area contributed by atoms with Crippen LogP contribution in [-0.2, 0) is 6.42 Å². The molecule has 0 saturated heterocycles. The third kappa shape index (κ3) is 1.92. The van der Waals surface area contributed by atoms with Gasteiger partial charge in [0, 0.05) is 6.20 Å². The van der Waals surface area contributed by atoms with Crippen molar-refractivity contribution in [1.82, 2.24) is 4.98 Å². The first-order valence-corrected chi connectivity index (χ1v) is 4.39. The molecule has 0 spiro atoms. The lowest BCUT2D eigenvalue weighted by Crippen LogP contribution is -1.88. The van der Waals surface area contributed by atoms with Gasteiger partial charge in [-0.25, -0.2) is 4.98 Å². The summed E-state index contributed by atoms with van der Waals surface area (Å²) in [5, 5.41) is 1.20. The summed E-state index contributed by atoms with van der Waals surface area (Å²) in [6.07, 6.45) is 3.79. The highest BCUT2D eigenvalue weighted by Gasteiger charge is 2.08. The van der Waals surface area contributed by atoms with E-state index in [1.807, 2.05) is 0 Å². The van der Waals surface area contributed by atoms with Crippen LogP contribution in [0.15, 0.2) is 18.9 Å². The van der Waals surface area contributed by atoms with Gasteiger partial charge in [0.1, 0.15) is 5.15 Å². The third-order valence-corrected chi connectivity index (χ3v) is 2.49. The Morgan fingerprint density at radius 2 is 2.08 bits per heavy atom. The number of halogens is 3. The summed E-state index contributed by atoms with van der Waals surface area (Å²) < 4.78 is 0. The van der Waals surface area contributed by atoms with Crippen LogP contribution in [0.1, 0.15) is 5.56 Å². The summed E-state index contributed by atoms with van der Waals surface area (Å²) in [5.41, 5.74) is 0.772. The standard InChI is InChI=1S/C8H6Cl3N/c1-2-3-5-6(9)4-12-8(11)7(5)10/h2,4H,1,3H2. The normalized spacial score (nSPS) is 9.92. The van der Waals surface area contributed by atoms with E-state index in [9.17, 15) is 0 Å². The largest absolute Gasteiger partial charge is 0.241 e. The molecule has 0 aliphatic heterocycles. The summed E-state index contributed by atoms with van der Waals surface area (Å²) in [4.78, 5) is 3.79. The van der Waals surface area contributed by atoms with Gasteiger partial charge in [0.25, 0.3) is 0 Å². The molecule has 12 heavy (non-hydrogen) atoms. The predicted octanol–water partition coefficient (Wildman–Crippen LogP) is 3.77. The molecule has 1 rings (SSSR count).